The number of nitrogens with one attached hydrogen (secondary N) is 2. The molecular formula is C13H16N2O3S. The maximum absolute atomic E-state index is 11.8. The summed E-state index contributed by atoms with van der Waals surface area (Å²) in [5.41, 5.74) is 0. The summed E-state index contributed by atoms with van der Waals surface area (Å²) in [6.45, 7) is 0. The van der Waals surface area contributed by atoms with E-state index in [1.807, 2.05) is 6.08 Å². The van der Waals surface area contributed by atoms with Gasteiger partial charge in [0.15, 0.2) is 6.04 Å². The molecule has 102 valence electrons. The molecule has 0 fully saturated rings. The maximum Gasteiger partial charge on any atom is 0.331 e. The molecule has 1 heterocycles. The molecule has 6 heteroatoms. The molecule has 1 aliphatic carbocycles. The van der Waals surface area contributed by atoms with Crippen molar-refractivity contribution in [2.24, 2.45) is 0 Å². The van der Waals surface area contributed by atoms with Gasteiger partial charge in [-0.1, -0.05) is 18.2 Å². The topological polar surface area (TPSA) is 78.4 Å². The van der Waals surface area contributed by atoms with Crippen LogP contribution in [0.1, 0.15) is 30.2 Å². The van der Waals surface area contributed by atoms with Crippen molar-refractivity contribution in [3.8, 4) is 0 Å². The largest absolute Gasteiger partial charge is 0.479 e. The normalized spacial score (nSPS) is 19.7. The van der Waals surface area contributed by atoms with E-state index >= 15 is 0 Å². The first-order valence-corrected chi connectivity index (χ1v) is 7.03. The van der Waals surface area contributed by atoms with Gasteiger partial charge in [0.2, 0.25) is 0 Å². The fraction of sp³-hybridized carbons (Fsp3) is 0.385. The average molecular weight is 280 g/mol. The molecule has 2 atom stereocenters. The molecule has 2 amide bonds. The quantitative estimate of drug-likeness (QED) is 0.740. The fourth-order valence-electron chi connectivity index (χ4n) is 1.99. The second kappa shape index (κ2) is 6.38. The number of thiophene rings is 1. The Bertz CT molecular complexity index is 470. The lowest BCUT2D eigenvalue weighted by Crippen LogP contribution is -2.45. The summed E-state index contributed by atoms with van der Waals surface area (Å²) in [4.78, 5) is 23.6. The van der Waals surface area contributed by atoms with Gasteiger partial charge in [0.25, 0.3) is 0 Å². The first kappa shape index (κ1) is 13.6. The van der Waals surface area contributed by atoms with Crippen molar-refractivity contribution in [3.63, 3.8) is 0 Å². The van der Waals surface area contributed by atoms with Crippen molar-refractivity contribution in [1.29, 1.82) is 0 Å². The van der Waals surface area contributed by atoms with Crippen molar-refractivity contribution in [2.75, 3.05) is 0 Å². The van der Waals surface area contributed by atoms with Gasteiger partial charge in [-0.25, -0.2) is 9.59 Å². The SMILES string of the molecule is O=C(NC1CC=CCC1)NC(C(=O)O)c1cccs1. The molecule has 0 spiro atoms. The van der Waals surface area contributed by atoms with Crippen LogP contribution in [0.3, 0.4) is 0 Å². The van der Waals surface area contributed by atoms with Crippen molar-refractivity contribution < 1.29 is 14.7 Å². The van der Waals surface area contributed by atoms with Crippen LogP contribution < -0.4 is 10.6 Å². The Morgan fingerprint density at radius 2 is 2.26 bits per heavy atom. The van der Waals surface area contributed by atoms with Crippen LogP contribution in [0.15, 0.2) is 29.7 Å². The Balaban J connectivity index is 1.92. The van der Waals surface area contributed by atoms with E-state index in [0.717, 1.165) is 19.3 Å². The summed E-state index contributed by atoms with van der Waals surface area (Å²) in [6.07, 6.45) is 6.74. The number of hydrogen-bond acceptors (Lipinski definition) is 3. The van der Waals surface area contributed by atoms with Gasteiger partial charge in [0.1, 0.15) is 0 Å². The van der Waals surface area contributed by atoms with E-state index in [-0.39, 0.29) is 6.04 Å². The summed E-state index contributed by atoms with van der Waals surface area (Å²) in [5.74, 6) is -1.05. The van der Waals surface area contributed by atoms with Crippen LogP contribution in [-0.2, 0) is 4.79 Å². The zero-order chi connectivity index (χ0) is 13.7. The zero-order valence-corrected chi connectivity index (χ0v) is 11.2. The average Bonchev–Trinajstić information content (AvgIpc) is 2.90. The molecule has 0 aliphatic heterocycles. The van der Waals surface area contributed by atoms with Gasteiger partial charge in [0.05, 0.1) is 0 Å². The number of carboxylic acid groups (broad SMARTS) is 1. The van der Waals surface area contributed by atoms with E-state index < -0.39 is 18.0 Å². The number of carboxylic acids is 1. The molecule has 0 saturated heterocycles. The number of allylic oxidation sites excluding steroid dienone is 1. The minimum atomic E-state index is -1.05. The van der Waals surface area contributed by atoms with Gasteiger partial charge in [-0.15, -0.1) is 11.3 Å². The van der Waals surface area contributed by atoms with Crippen LogP contribution in [0.2, 0.25) is 0 Å². The van der Waals surface area contributed by atoms with Crippen LogP contribution in [0, 0.1) is 0 Å². The van der Waals surface area contributed by atoms with Gasteiger partial charge in [-0.3, -0.25) is 0 Å². The number of carbonyl (C=O) groups excluding carboxylic acids is 1. The lowest BCUT2D eigenvalue weighted by Gasteiger charge is -2.21. The number of hydrogen-bond donors (Lipinski definition) is 3. The minimum absolute atomic E-state index is 0.0859. The highest BCUT2D eigenvalue weighted by atomic mass is 32.1. The van der Waals surface area contributed by atoms with Crippen LogP contribution >= 0.6 is 11.3 Å². The Morgan fingerprint density at radius 1 is 1.42 bits per heavy atom. The predicted molar refractivity (Wildman–Crippen MR) is 73.1 cm³/mol. The summed E-state index contributed by atoms with van der Waals surface area (Å²) in [7, 11) is 0. The minimum Gasteiger partial charge on any atom is -0.479 e. The van der Waals surface area contributed by atoms with Crippen molar-refractivity contribution in [3.05, 3.63) is 34.5 Å². The summed E-state index contributed by atoms with van der Waals surface area (Å²) in [6, 6.07) is 2.14. The number of urea groups is 1. The van der Waals surface area contributed by atoms with E-state index in [2.05, 4.69) is 16.7 Å². The van der Waals surface area contributed by atoms with Gasteiger partial charge >= 0.3 is 12.0 Å². The molecule has 2 rings (SSSR count). The van der Waals surface area contributed by atoms with Gasteiger partial charge < -0.3 is 15.7 Å². The summed E-state index contributed by atoms with van der Waals surface area (Å²) < 4.78 is 0. The third kappa shape index (κ3) is 3.82. The Hall–Kier alpha value is -1.82. The number of carbonyl (C=O) groups is 2. The van der Waals surface area contributed by atoms with Crippen LogP contribution in [-0.4, -0.2) is 23.1 Å². The molecule has 0 saturated carbocycles. The molecule has 2 unspecified atom stereocenters. The predicted octanol–water partition coefficient (Wildman–Crippen LogP) is 2.28. The van der Waals surface area contributed by atoms with Gasteiger partial charge in [-0.05, 0) is 30.7 Å². The number of amides is 2. The smallest absolute Gasteiger partial charge is 0.331 e. The second-order valence-corrected chi connectivity index (χ2v) is 5.37. The molecule has 0 radical (unpaired) electrons. The number of rotatable bonds is 4. The molecule has 3 N–H and O–H groups in total. The molecule has 0 aromatic carbocycles. The molecule has 1 aromatic heterocycles. The van der Waals surface area contributed by atoms with E-state index in [1.165, 1.54) is 11.3 Å². The Kier molecular flexibility index (Phi) is 4.57. The molecule has 1 aromatic rings. The van der Waals surface area contributed by atoms with Crippen LogP contribution in [0.25, 0.3) is 0 Å². The second-order valence-electron chi connectivity index (χ2n) is 4.39. The first-order valence-electron chi connectivity index (χ1n) is 6.15. The van der Waals surface area contributed by atoms with Crippen molar-refractivity contribution in [1.82, 2.24) is 10.6 Å². The highest BCUT2D eigenvalue weighted by Gasteiger charge is 2.24. The molecular weight excluding hydrogens is 264 g/mol. The van der Waals surface area contributed by atoms with E-state index in [0.29, 0.717) is 4.88 Å². The van der Waals surface area contributed by atoms with Crippen molar-refractivity contribution >= 4 is 23.3 Å². The van der Waals surface area contributed by atoms with E-state index in [4.69, 9.17) is 5.11 Å². The monoisotopic (exact) mass is 280 g/mol. The lowest BCUT2D eigenvalue weighted by atomic mass is 10.0. The fourth-order valence-corrected chi connectivity index (χ4v) is 2.76. The molecule has 1 aliphatic rings. The summed E-state index contributed by atoms with van der Waals surface area (Å²) in [5, 5.41) is 16.3. The Morgan fingerprint density at radius 3 is 2.84 bits per heavy atom. The van der Waals surface area contributed by atoms with Gasteiger partial charge in [-0.2, -0.15) is 0 Å². The lowest BCUT2D eigenvalue weighted by molar-refractivity contribution is -0.139. The third-order valence-corrected chi connectivity index (χ3v) is 3.89. The van der Waals surface area contributed by atoms with E-state index in [9.17, 15) is 9.59 Å². The maximum atomic E-state index is 11.8. The van der Waals surface area contributed by atoms with Gasteiger partial charge in [0, 0.05) is 10.9 Å². The zero-order valence-electron chi connectivity index (χ0n) is 10.3. The highest BCUT2D eigenvalue weighted by Crippen LogP contribution is 2.19. The third-order valence-electron chi connectivity index (χ3n) is 2.95. The molecule has 5 nitrogen and oxygen atoms in total. The molecule has 19 heavy (non-hydrogen) atoms. The van der Waals surface area contributed by atoms with E-state index in [1.54, 1.807) is 17.5 Å². The van der Waals surface area contributed by atoms with Crippen LogP contribution in [0.5, 0.6) is 0 Å². The van der Waals surface area contributed by atoms with Crippen molar-refractivity contribution in [2.45, 2.75) is 31.3 Å². The highest BCUT2D eigenvalue weighted by molar-refractivity contribution is 7.10. The summed E-state index contributed by atoms with van der Waals surface area (Å²) >= 11 is 1.31. The molecule has 0 bridgehead atoms. The Labute approximate surface area is 115 Å². The number of aliphatic carboxylic acids is 1. The standard InChI is InChI=1S/C13H16N2O3S/c16-12(17)11(10-7-4-8-19-10)15-13(18)14-9-5-2-1-3-6-9/h1-2,4,7-9,11H,3,5-6H2,(H,16,17)(H2,14,15,18). The first-order chi connectivity index (χ1) is 9.16. The van der Waals surface area contributed by atoms with Crippen LogP contribution in [0.4, 0.5) is 4.79 Å².